The molecule has 2 N–H and O–H groups in total. The molecule has 0 heterocycles. The van der Waals surface area contributed by atoms with Crippen LogP contribution in [0, 0.1) is 10.5 Å². The Morgan fingerprint density at radius 3 is 2.37 bits per heavy atom. The largest absolute Gasteiger partial charge is 0.490 e. The van der Waals surface area contributed by atoms with Crippen LogP contribution < -0.4 is 19.6 Å². The predicted octanol–water partition coefficient (Wildman–Crippen LogP) is 4.50. The van der Waals surface area contributed by atoms with Gasteiger partial charge in [-0.3, -0.25) is 4.79 Å². The number of carbonyl (C=O) groups excluding carboxylic acids is 2. The van der Waals surface area contributed by atoms with Crippen molar-refractivity contribution >= 4 is 50.7 Å². The van der Waals surface area contributed by atoms with Gasteiger partial charge in [0.2, 0.25) is 15.9 Å². The zero-order valence-electron chi connectivity index (χ0n) is 22.9. The molecule has 0 spiro atoms. The SMILES string of the molecule is CCOC(=O)COc1c(I)cc(/C=N\NC(=O)C[C@@H](NS(=O)(=O)c2ccc(C)cc2)c2ccccc2)cc1OCC. The Balaban J connectivity index is 1.72. The zero-order chi connectivity index (χ0) is 29.8. The summed E-state index contributed by atoms with van der Waals surface area (Å²) < 4.78 is 45.6. The van der Waals surface area contributed by atoms with Crippen LogP contribution in [0.25, 0.3) is 0 Å². The highest BCUT2D eigenvalue weighted by molar-refractivity contribution is 14.1. The average Bonchev–Trinajstić information content (AvgIpc) is 2.93. The first-order valence-electron chi connectivity index (χ1n) is 12.8. The lowest BCUT2D eigenvalue weighted by Crippen LogP contribution is -2.32. The number of halogens is 1. The average molecular weight is 694 g/mol. The summed E-state index contributed by atoms with van der Waals surface area (Å²) >= 11 is 2.05. The van der Waals surface area contributed by atoms with Gasteiger partial charge in [-0.2, -0.15) is 5.10 Å². The van der Waals surface area contributed by atoms with Crippen molar-refractivity contribution < 1.29 is 32.2 Å². The third kappa shape index (κ3) is 9.83. The lowest BCUT2D eigenvalue weighted by atomic mass is 10.0. The van der Waals surface area contributed by atoms with Crippen LogP contribution in [0.1, 0.15) is 43.0 Å². The van der Waals surface area contributed by atoms with Crippen molar-refractivity contribution in [2.45, 2.75) is 38.1 Å². The van der Waals surface area contributed by atoms with E-state index in [1.807, 2.05) is 19.9 Å². The highest BCUT2D eigenvalue weighted by Crippen LogP contribution is 2.34. The molecule has 12 heteroatoms. The van der Waals surface area contributed by atoms with Crippen LogP contribution in [0.5, 0.6) is 11.5 Å². The van der Waals surface area contributed by atoms with Crippen LogP contribution in [0.4, 0.5) is 0 Å². The van der Waals surface area contributed by atoms with E-state index in [2.05, 4.69) is 37.8 Å². The number of amides is 1. The van der Waals surface area contributed by atoms with E-state index >= 15 is 0 Å². The summed E-state index contributed by atoms with van der Waals surface area (Å²) in [5, 5.41) is 4.05. The van der Waals surface area contributed by atoms with Crippen LogP contribution in [0.3, 0.4) is 0 Å². The molecule has 0 aliphatic carbocycles. The van der Waals surface area contributed by atoms with Crippen LogP contribution in [0.2, 0.25) is 0 Å². The van der Waals surface area contributed by atoms with Crippen LogP contribution in [0.15, 0.2) is 76.7 Å². The van der Waals surface area contributed by atoms with Gasteiger partial charge in [-0.1, -0.05) is 48.0 Å². The van der Waals surface area contributed by atoms with Crippen molar-refractivity contribution in [1.29, 1.82) is 0 Å². The predicted molar refractivity (Wildman–Crippen MR) is 163 cm³/mol. The number of ether oxygens (including phenoxy) is 3. The molecule has 3 aromatic rings. The van der Waals surface area contributed by atoms with Gasteiger partial charge < -0.3 is 14.2 Å². The number of carbonyl (C=O) groups is 2. The fourth-order valence-corrected chi connectivity index (χ4v) is 5.70. The molecule has 0 radical (unpaired) electrons. The van der Waals surface area contributed by atoms with E-state index < -0.39 is 27.9 Å². The van der Waals surface area contributed by atoms with Crippen molar-refractivity contribution in [3.8, 4) is 11.5 Å². The van der Waals surface area contributed by atoms with Gasteiger partial charge >= 0.3 is 5.97 Å². The number of hydrogen-bond acceptors (Lipinski definition) is 8. The molecule has 3 aromatic carbocycles. The van der Waals surface area contributed by atoms with Gasteiger partial charge in [-0.25, -0.2) is 23.4 Å². The van der Waals surface area contributed by atoms with E-state index in [-0.39, 0.29) is 24.5 Å². The molecular weight excluding hydrogens is 661 g/mol. The third-order valence-corrected chi connectivity index (χ3v) is 7.88. The summed E-state index contributed by atoms with van der Waals surface area (Å²) in [6.07, 6.45) is 1.25. The molecule has 218 valence electrons. The molecule has 0 unspecified atom stereocenters. The molecule has 0 bridgehead atoms. The maximum absolute atomic E-state index is 13.0. The molecular formula is C29H32IN3O7S. The van der Waals surface area contributed by atoms with Gasteiger partial charge in [-0.05, 0) is 78.8 Å². The highest BCUT2D eigenvalue weighted by Gasteiger charge is 2.24. The Bertz CT molecular complexity index is 1460. The fourth-order valence-electron chi connectivity index (χ4n) is 3.69. The van der Waals surface area contributed by atoms with Gasteiger partial charge in [0.15, 0.2) is 18.1 Å². The Labute approximate surface area is 253 Å². The number of sulfonamides is 1. The molecule has 0 saturated heterocycles. The first kappa shape index (κ1) is 32.0. The van der Waals surface area contributed by atoms with Gasteiger partial charge in [-0.15, -0.1) is 0 Å². The highest BCUT2D eigenvalue weighted by atomic mass is 127. The summed E-state index contributed by atoms with van der Waals surface area (Å²) in [4.78, 5) is 24.6. The van der Waals surface area contributed by atoms with E-state index in [1.165, 1.54) is 18.3 Å². The number of rotatable bonds is 14. The van der Waals surface area contributed by atoms with Crippen molar-refractivity contribution in [1.82, 2.24) is 10.1 Å². The van der Waals surface area contributed by atoms with Gasteiger partial charge in [0, 0.05) is 6.42 Å². The third-order valence-electron chi connectivity index (χ3n) is 5.59. The van der Waals surface area contributed by atoms with Crippen LogP contribution in [-0.4, -0.2) is 46.3 Å². The number of nitrogens with one attached hydrogen (secondary N) is 2. The number of esters is 1. The first-order chi connectivity index (χ1) is 19.6. The summed E-state index contributed by atoms with van der Waals surface area (Å²) in [5.41, 5.74) is 4.65. The Hall–Kier alpha value is -3.49. The number of nitrogens with zero attached hydrogens (tertiary/aromatic N) is 1. The minimum atomic E-state index is -3.89. The minimum absolute atomic E-state index is 0.108. The molecule has 0 fully saturated rings. The molecule has 3 rings (SSSR count). The molecule has 0 saturated carbocycles. The van der Waals surface area contributed by atoms with Crippen LogP contribution >= 0.6 is 22.6 Å². The topological polar surface area (TPSA) is 132 Å². The number of hydrazone groups is 1. The standard InChI is InChI=1S/C29H32IN3O7S/c1-4-38-26-16-21(15-24(30)29(26)40-19-28(35)39-5-2)18-31-32-27(34)17-25(22-9-7-6-8-10-22)33-41(36,37)23-13-11-20(3)12-14-23/h6-16,18,25,33H,4-5,17,19H2,1-3H3,(H,32,34)/b31-18-/t25-/m1/s1. The minimum Gasteiger partial charge on any atom is -0.490 e. The van der Waals surface area contributed by atoms with Crippen LogP contribution in [-0.2, 0) is 24.3 Å². The summed E-state index contributed by atoms with van der Waals surface area (Å²) in [6, 6.07) is 17.9. The second kappa shape index (κ2) is 15.5. The van der Waals surface area contributed by atoms with Crippen molar-refractivity contribution in [3.63, 3.8) is 0 Å². The first-order valence-corrected chi connectivity index (χ1v) is 15.4. The smallest absolute Gasteiger partial charge is 0.344 e. The van der Waals surface area contributed by atoms with Crippen molar-refractivity contribution in [2.24, 2.45) is 5.10 Å². The molecule has 0 aliphatic rings. The van der Waals surface area contributed by atoms with E-state index in [4.69, 9.17) is 14.2 Å². The van der Waals surface area contributed by atoms with Crippen molar-refractivity contribution in [2.75, 3.05) is 19.8 Å². The summed E-state index contributed by atoms with van der Waals surface area (Å²) in [6.45, 7) is 5.76. The maximum Gasteiger partial charge on any atom is 0.344 e. The second-order valence-electron chi connectivity index (χ2n) is 8.75. The van der Waals surface area contributed by atoms with E-state index in [0.717, 1.165) is 5.56 Å². The summed E-state index contributed by atoms with van der Waals surface area (Å²) in [7, 11) is -3.89. The molecule has 1 atom stereocenters. The molecule has 0 aliphatic heterocycles. The molecule has 10 nitrogen and oxygen atoms in total. The maximum atomic E-state index is 13.0. The Morgan fingerprint density at radius 1 is 1.00 bits per heavy atom. The Morgan fingerprint density at radius 2 is 1.71 bits per heavy atom. The number of benzene rings is 3. The second-order valence-corrected chi connectivity index (χ2v) is 11.6. The molecule has 41 heavy (non-hydrogen) atoms. The molecule has 0 aromatic heterocycles. The fraction of sp³-hybridized carbons (Fsp3) is 0.276. The lowest BCUT2D eigenvalue weighted by Gasteiger charge is -2.18. The van der Waals surface area contributed by atoms with E-state index in [1.54, 1.807) is 55.5 Å². The lowest BCUT2D eigenvalue weighted by molar-refractivity contribution is -0.145. The summed E-state index contributed by atoms with van der Waals surface area (Å²) in [5.74, 6) is -0.177. The quantitative estimate of drug-likeness (QED) is 0.110. The van der Waals surface area contributed by atoms with Gasteiger partial charge in [0.05, 0.1) is 33.9 Å². The van der Waals surface area contributed by atoms with E-state index in [0.29, 0.717) is 32.8 Å². The van der Waals surface area contributed by atoms with Gasteiger partial charge in [0.25, 0.3) is 0 Å². The number of hydrogen-bond donors (Lipinski definition) is 2. The van der Waals surface area contributed by atoms with E-state index in [9.17, 15) is 18.0 Å². The van der Waals surface area contributed by atoms with Crippen molar-refractivity contribution in [3.05, 3.63) is 87.0 Å². The zero-order valence-corrected chi connectivity index (χ0v) is 25.9. The Kier molecular flexibility index (Phi) is 12.1. The normalized spacial score (nSPS) is 12.1. The molecule has 1 amide bonds. The van der Waals surface area contributed by atoms with Gasteiger partial charge in [0.1, 0.15) is 0 Å². The number of aryl methyl sites for hydroxylation is 1. The monoisotopic (exact) mass is 693 g/mol.